The van der Waals surface area contributed by atoms with Crippen LogP contribution in [0.2, 0.25) is 0 Å². The molecule has 22 heavy (non-hydrogen) atoms. The maximum Gasteiger partial charge on any atom is 0.234 e. The number of aryl methyl sites for hydroxylation is 1. The molecule has 0 radical (unpaired) electrons. The first-order valence-electron chi connectivity index (χ1n) is 8.24. The van der Waals surface area contributed by atoms with Crippen LogP contribution in [0.25, 0.3) is 0 Å². The molecule has 0 bridgehead atoms. The van der Waals surface area contributed by atoms with Gasteiger partial charge in [-0.2, -0.15) is 0 Å². The third-order valence-corrected chi connectivity index (χ3v) is 6.19. The number of methoxy groups -OCH3 is 1. The van der Waals surface area contributed by atoms with Crippen LogP contribution in [0.5, 0.6) is 5.75 Å². The lowest BCUT2D eigenvalue weighted by molar-refractivity contribution is 0.0329. The van der Waals surface area contributed by atoms with E-state index in [9.17, 15) is 4.79 Å². The van der Waals surface area contributed by atoms with Gasteiger partial charge in [-0.1, -0.05) is 26.3 Å². The van der Waals surface area contributed by atoms with Crippen LogP contribution in [0, 0.1) is 11.3 Å². The largest absolute Gasteiger partial charge is 0.497 e. The van der Waals surface area contributed by atoms with E-state index in [0.717, 1.165) is 18.6 Å². The van der Waals surface area contributed by atoms with Crippen LogP contribution in [0.4, 0.5) is 0 Å². The summed E-state index contributed by atoms with van der Waals surface area (Å²) in [6, 6.07) is 6.53. The van der Waals surface area contributed by atoms with Crippen molar-refractivity contribution in [2.75, 3.05) is 13.7 Å². The van der Waals surface area contributed by atoms with Crippen LogP contribution < -0.4 is 4.74 Å². The minimum absolute atomic E-state index is 0.102. The number of carbonyl (C=O) groups excluding carboxylic acids is 1. The standard InChI is InChI=1S/C19H25NO2/c1-18(12-20-13-21)9-4-10-19(2)16-11-15(22-3)7-5-14(16)6-8-17(18)19/h5,7,11,17H,4,6,8-10,12H2,1-3H3/t17-,18-,19+/m1/s1. The van der Waals surface area contributed by atoms with E-state index in [0.29, 0.717) is 12.5 Å². The zero-order chi connectivity index (χ0) is 15.8. The Morgan fingerprint density at radius 1 is 1.36 bits per heavy atom. The molecule has 1 fully saturated rings. The average Bonchev–Trinajstić information content (AvgIpc) is 2.52. The van der Waals surface area contributed by atoms with Gasteiger partial charge in [0.05, 0.1) is 13.7 Å². The number of fused-ring (bicyclic) bond motifs is 3. The molecular formula is C19H25NO2. The molecule has 0 amide bonds. The fourth-order valence-corrected chi connectivity index (χ4v) is 5.10. The van der Waals surface area contributed by atoms with E-state index in [4.69, 9.17) is 4.74 Å². The maximum atomic E-state index is 10.6. The second kappa shape index (κ2) is 5.55. The van der Waals surface area contributed by atoms with E-state index in [1.54, 1.807) is 13.2 Å². The summed E-state index contributed by atoms with van der Waals surface area (Å²) in [5.74, 6) is 1.50. The third kappa shape index (κ3) is 2.28. The molecule has 3 nitrogen and oxygen atoms in total. The van der Waals surface area contributed by atoms with Crippen molar-refractivity contribution in [2.45, 2.75) is 51.4 Å². The molecule has 0 aliphatic heterocycles. The highest BCUT2D eigenvalue weighted by atomic mass is 16.5. The Morgan fingerprint density at radius 3 is 2.91 bits per heavy atom. The summed E-state index contributed by atoms with van der Waals surface area (Å²) in [5.41, 5.74) is 3.17. The highest BCUT2D eigenvalue weighted by Gasteiger charge is 2.51. The summed E-state index contributed by atoms with van der Waals surface area (Å²) in [5, 5.41) is 0. The number of hydrogen-bond donors (Lipinski definition) is 0. The molecule has 118 valence electrons. The monoisotopic (exact) mass is 299 g/mol. The molecule has 2 aliphatic rings. The van der Waals surface area contributed by atoms with Gasteiger partial charge in [0.1, 0.15) is 5.75 Å². The molecule has 0 spiro atoms. The van der Waals surface area contributed by atoms with Crippen LogP contribution in [0.1, 0.15) is 50.7 Å². The molecule has 3 rings (SSSR count). The molecule has 3 heteroatoms. The highest BCUT2D eigenvalue weighted by molar-refractivity contribution is 5.44. The van der Waals surface area contributed by atoms with Crippen molar-refractivity contribution >= 4 is 6.08 Å². The fourth-order valence-electron chi connectivity index (χ4n) is 5.10. The highest BCUT2D eigenvalue weighted by Crippen LogP contribution is 2.57. The number of rotatable bonds is 3. The van der Waals surface area contributed by atoms with Gasteiger partial charge >= 0.3 is 0 Å². The fraction of sp³-hybridized carbons (Fsp3) is 0.632. The van der Waals surface area contributed by atoms with Crippen molar-refractivity contribution in [3.05, 3.63) is 29.3 Å². The number of nitrogens with zero attached hydrogens (tertiary/aromatic N) is 1. The van der Waals surface area contributed by atoms with Gasteiger partial charge in [0.2, 0.25) is 6.08 Å². The van der Waals surface area contributed by atoms with Crippen molar-refractivity contribution in [3.63, 3.8) is 0 Å². The zero-order valence-electron chi connectivity index (χ0n) is 13.8. The SMILES string of the molecule is COc1ccc2c(c1)[C@]1(C)CCC[C@](C)(CN=C=O)[C@H]1CC2. The van der Waals surface area contributed by atoms with Gasteiger partial charge in [0.15, 0.2) is 0 Å². The first-order valence-corrected chi connectivity index (χ1v) is 8.24. The number of isocyanates is 1. The van der Waals surface area contributed by atoms with Crippen LogP contribution >= 0.6 is 0 Å². The van der Waals surface area contributed by atoms with Crippen molar-refractivity contribution in [1.29, 1.82) is 0 Å². The van der Waals surface area contributed by atoms with E-state index < -0.39 is 0 Å². The van der Waals surface area contributed by atoms with Gasteiger partial charge in [-0.25, -0.2) is 9.79 Å². The summed E-state index contributed by atoms with van der Waals surface area (Å²) < 4.78 is 5.45. The second-order valence-corrected chi connectivity index (χ2v) is 7.45. The first kappa shape index (κ1) is 15.3. The molecule has 1 aromatic rings. The number of benzene rings is 1. The molecular weight excluding hydrogens is 274 g/mol. The molecule has 2 aliphatic carbocycles. The van der Waals surface area contributed by atoms with E-state index >= 15 is 0 Å². The summed E-state index contributed by atoms with van der Waals surface area (Å²) >= 11 is 0. The predicted octanol–water partition coefficient (Wildman–Crippen LogP) is 4.04. The van der Waals surface area contributed by atoms with Gasteiger partial charge in [-0.05, 0) is 65.7 Å². The molecule has 0 heterocycles. The smallest absolute Gasteiger partial charge is 0.234 e. The normalized spacial score (nSPS) is 33.3. The molecule has 0 aromatic heterocycles. The Kier molecular flexibility index (Phi) is 3.86. The summed E-state index contributed by atoms with van der Waals surface area (Å²) in [4.78, 5) is 14.6. The van der Waals surface area contributed by atoms with Crippen LogP contribution in [0.15, 0.2) is 23.2 Å². The lowest BCUT2D eigenvalue weighted by Crippen LogP contribution is -2.50. The Labute approximate surface area is 132 Å². The number of hydrogen-bond acceptors (Lipinski definition) is 3. The van der Waals surface area contributed by atoms with Gasteiger partial charge < -0.3 is 4.74 Å². The van der Waals surface area contributed by atoms with E-state index in [-0.39, 0.29) is 10.8 Å². The Morgan fingerprint density at radius 2 is 2.18 bits per heavy atom. The minimum atomic E-state index is 0.102. The molecule has 1 aromatic carbocycles. The van der Waals surface area contributed by atoms with Crippen molar-refractivity contribution in [1.82, 2.24) is 0 Å². The zero-order valence-corrected chi connectivity index (χ0v) is 13.8. The van der Waals surface area contributed by atoms with E-state index in [1.165, 1.54) is 30.4 Å². The summed E-state index contributed by atoms with van der Waals surface area (Å²) in [6.45, 7) is 5.31. The van der Waals surface area contributed by atoms with Crippen molar-refractivity contribution < 1.29 is 9.53 Å². The average molecular weight is 299 g/mol. The van der Waals surface area contributed by atoms with Gasteiger partial charge in [-0.3, -0.25) is 0 Å². The summed E-state index contributed by atoms with van der Waals surface area (Å²) in [6.07, 6.45) is 7.58. The van der Waals surface area contributed by atoms with Crippen LogP contribution in [0.3, 0.4) is 0 Å². The van der Waals surface area contributed by atoms with Gasteiger partial charge in [0.25, 0.3) is 0 Å². The number of ether oxygens (including phenoxy) is 1. The molecule has 0 unspecified atom stereocenters. The molecule has 3 atom stereocenters. The van der Waals surface area contributed by atoms with E-state index in [2.05, 4.69) is 37.0 Å². The molecule has 1 saturated carbocycles. The van der Waals surface area contributed by atoms with Gasteiger partial charge in [-0.15, -0.1) is 0 Å². The Balaban J connectivity index is 2.05. The van der Waals surface area contributed by atoms with Crippen molar-refractivity contribution in [2.24, 2.45) is 16.3 Å². The minimum Gasteiger partial charge on any atom is -0.497 e. The third-order valence-electron chi connectivity index (χ3n) is 6.19. The lowest BCUT2D eigenvalue weighted by Gasteiger charge is -2.55. The van der Waals surface area contributed by atoms with Crippen LogP contribution in [-0.2, 0) is 16.6 Å². The number of aliphatic imine (C=N–C) groups is 1. The lowest BCUT2D eigenvalue weighted by atomic mass is 9.50. The maximum absolute atomic E-state index is 10.6. The van der Waals surface area contributed by atoms with E-state index in [1.807, 2.05) is 0 Å². The Bertz CT molecular complexity index is 620. The predicted molar refractivity (Wildman–Crippen MR) is 87.1 cm³/mol. The van der Waals surface area contributed by atoms with Crippen LogP contribution in [-0.4, -0.2) is 19.7 Å². The summed E-state index contributed by atoms with van der Waals surface area (Å²) in [7, 11) is 1.73. The van der Waals surface area contributed by atoms with Gasteiger partial charge in [0, 0.05) is 0 Å². The Hall–Kier alpha value is -1.60. The molecule has 0 saturated heterocycles. The van der Waals surface area contributed by atoms with Crippen molar-refractivity contribution in [3.8, 4) is 5.75 Å². The quantitative estimate of drug-likeness (QED) is 0.624. The first-order chi connectivity index (χ1) is 10.5. The topological polar surface area (TPSA) is 38.7 Å². The second-order valence-electron chi connectivity index (χ2n) is 7.45. The molecule has 0 N–H and O–H groups in total.